The van der Waals surface area contributed by atoms with Gasteiger partial charge in [0.25, 0.3) is 0 Å². The van der Waals surface area contributed by atoms with Crippen molar-refractivity contribution in [2.24, 2.45) is 0 Å². The molecule has 2 aliphatic rings. The van der Waals surface area contributed by atoms with Crippen molar-refractivity contribution in [3.63, 3.8) is 0 Å². The fraction of sp³-hybridized carbons (Fsp3) is 0.360. The molecule has 0 atom stereocenters. The molecular weight excluding hydrogens is 397 g/mol. The van der Waals surface area contributed by atoms with Gasteiger partial charge in [-0.25, -0.2) is 9.18 Å². The summed E-state index contributed by atoms with van der Waals surface area (Å²) in [6.45, 7) is 2.63. The zero-order chi connectivity index (χ0) is 21.8. The summed E-state index contributed by atoms with van der Waals surface area (Å²) in [5.41, 5.74) is 2.00. The normalized spacial score (nSPS) is 18.1. The first-order chi connectivity index (χ1) is 15.0. The van der Waals surface area contributed by atoms with Gasteiger partial charge in [-0.2, -0.15) is 0 Å². The summed E-state index contributed by atoms with van der Waals surface area (Å²) < 4.78 is 24.0. The van der Waals surface area contributed by atoms with Gasteiger partial charge in [0.15, 0.2) is 5.78 Å². The van der Waals surface area contributed by atoms with E-state index in [1.165, 1.54) is 25.3 Å². The largest absolute Gasteiger partial charge is 0.486 e. The Balaban J connectivity index is 1.36. The fourth-order valence-electron chi connectivity index (χ4n) is 4.25. The predicted octanol–water partition coefficient (Wildman–Crippen LogP) is 4.05. The van der Waals surface area contributed by atoms with Crippen LogP contribution in [0.4, 0.5) is 4.39 Å². The summed E-state index contributed by atoms with van der Waals surface area (Å²) in [6.07, 6.45) is 5.80. The van der Waals surface area contributed by atoms with E-state index in [-0.39, 0.29) is 11.6 Å². The number of methoxy groups -OCH3 is 1. The third kappa shape index (κ3) is 5.02. The molecule has 0 unspecified atom stereocenters. The number of likely N-dealkylation sites (tertiary alicyclic amines) is 1. The molecule has 2 heterocycles. The number of halogens is 1. The molecule has 0 aromatic heterocycles. The number of Topliss-reactive ketones (excluding diaryl/α,β-unsaturated/α-hetero) is 1. The average molecular weight is 423 g/mol. The van der Waals surface area contributed by atoms with E-state index in [9.17, 15) is 14.0 Å². The number of fused-ring (bicyclic) bond motifs is 1. The van der Waals surface area contributed by atoms with Gasteiger partial charge in [-0.05, 0) is 47.9 Å². The fourth-order valence-corrected chi connectivity index (χ4v) is 4.25. The van der Waals surface area contributed by atoms with E-state index < -0.39 is 11.6 Å². The first kappa shape index (κ1) is 21.2. The van der Waals surface area contributed by atoms with Crippen molar-refractivity contribution < 1.29 is 23.5 Å². The summed E-state index contributed by atoms with van der Waals surface area (Å²) in [4.78, 5) is 26.5. The van der Waals surface area contributed by atoms with Gasteiger partial charge in [0.2, 0.25) is 0 Å². The SMILES string of the molecule is COC(=O)/C=C/c1ccc2c(c1)C(=O)CC1(CCN(CCc3ccc(F)cc3)CC1)O2. The number of carbonyl (C=O) groups is 2. The molecule has 2 aromatic carbocycles. The maximum absolute atomic E-state index is 13.1. The molecule has 0 radical (unpaired) electrons. The second-order valence-electron chi connectivity index (χ2n) is 8.22. The Morgan fingerprint density at radius 3 is 2.65 bits per heavy atom. The van der Waals surface area contributed by atoms with Crippen molar-refractivity contribution >= 4 is 17.8 Å². The van der Waals surface area contributed by atoms with E-state index in [4.69, 9.17) is 4.74 Å². The van der Waals surface area contributed by atoms with Crippen LogP contribution in [0.15, 0.2) is 48.5 Å². The zero-order valence-corrected chi connectivity index (χ0v) is 17.6. The van der Waals surface area contributed by atoms with Gasteiger partial charge < -0.3 is 14.4 Å². The Hall–Kier alpha value is -2.99. The van der Waals surface area contributed by atoms with E-state index in [2.05, 4.69) is 9.64 Å². The third-order valence-corrected chi connectivity index (χ3v) is 6.12. The molecule has 4 rings (SSSR count). The van der Waals surface area contributed by atoms with Crippen molar-refractivity contribution in [1.82, 2.24) is 4.90 Å². The lowest BCUT2D eigenvalue weighted by molar-refractivity contribution is -0.134. The number of benzene rings is 2. The monoisotopic (exact) mass is 423 g/mol. The van der Waals surface area contributed by atoms with Crippen LogP contribution in [0.5, 0.6) is 5.75 Å². The van der Waals surface area contributed by atoms with Gasteiger partial charge >= 0.3 is 5.97 Å². The third-order valence-electron chi connectivity index (χ3n) is 6.12. The molecule has 1 spiro atoms. The highest BCUT2D eigenvalue weighted by Crippen LogP contribution is 2.39. The minimum absolute atomic E-state index is 0.0781. The lowest BCUT2D eigenvalue weighted by atomic mass is 9.82. The van der Waals surface area contributed by atoms with Crippen molar-refractivity contribution in [2.75, 3.05) is 26.7 Å². The van der Waals surface area contributed by atoms with Crippen LogP contribution in [-0.4, -0.2) is 49.0 Å². The number of ketones is 1. The molecule has 0 saturated carbocycles. The molecule has 2 aromatic rings. The number of hydrogen-bond acceptors (Lipinski definition) is 5. The standard InChI is InChI=1S/C25H26FNO4/c1-30-24(29)9-5-19-4-8-23-21(16-19)22(28)17-25(31-23)11-14-27(15-12-25)13-10-18-2-6-20(26)7-3-18/h2-9,16H,10-15,17H2,1H3/b9-5+. The number of ether oxygens (including phenoxy) is 2. The Bertz CT molecular complexity index is 991. The van der Waals surface area contributed by atoms with Crippen molar-refractivity contribution in [1.29, 1.82) is 0 Å². The number of carbonyl (C=O) groups excluding carboxylic acids is 2. The quantitative estimate of drug-likeness (QED) is 0.536. The van der Waals surface area contributed by atoms with Crippen molar-refractivity contribution in [3.8, 4) is 5.75 Å². The minimum atomic E-state index is -0.445. The molecule has 0 amide bonds. The summed E-state index contributed by atoms with van der Waals surface area (Å²) in [5, 5.41) is 0. The van der Waals surface area contributed by atoms with Crippen LogP contribution >= 0.6 is 0 Å². The van der Waals surface area contributed by atoms with Gasteiger partial charge in [0.1, 0.15) is 17.2 Å². The molecule has 0 aliphatic carbocycles. The number of esters is 1. The molecule has 0 N–H and O–H groups in total. The van der Waals surface area contributed by atoms with Crippen LogP contribution in [0, 0.1) is 5.82 Å². The van der Waals surface area contributed by atoms with Crippen LogP contribution < -0.4 is 4.74 Å². The van der Waals surface area contributed by atoms with Crippen molar-refractivity contribution in [2.45, 2.75) is 31.3 Å². The van der Waals surface area contributed by atoms with Crippen LogP contribution in [-0.2, 0) is 16.0 Å². The minimum Gasteiger partial charge on any atom is -0.486 e. The second kappa shape index (κ2) is 9.02. The molecule has 31 heavy (non-hydrogen) atoms. The highest BCUT2D eigenvalue weighted by molar-refractivity contribution is 6.01. The van der Waals surface area contributed by atoms with Crippen LogP contribution in [0.25, 0.3) is 6.08 Å². The zero-order valence-electron chi connectivity index (χ0n) is 17.6. The van der Waals surface area contributed by atoms with Crippen LogP contribution in [0.3, 0.4) is 0 Å². The molecule has 6 heteroatoms. The van der Waals surface area contributed by atoms with Gasteiger partial charge in [0.05, 0.1) is 19.1 Å². The first-order valence-corrected chi connectivity index (χ1v) is 10.6. The van der Waals surface area contributed by atoms with Gasteiger partial charge in [0, 0.05) is 38.6 Å². The van der Waals surface area contributed by atoms with E-state index in [1.54, 1.807) is 12.1 Å². The number of nitrogens with zero attached hydrogens (tertiary/aromatic N) is 1. The molecule has 162 valence electrons. The first-order valence-electron chi connectivity index (χ1n) is 10.6. The van der Waals surface area contributed by atoms with Crippen LogP contribution in [0.2, 0.25) is 0 Å². The summed E-state index contributed by atoms with van der Waals surface area (Å²) in [7, 11) is 1.32. The Labute approximate surface area is 181 Å². The predicted molar refractivity (Wildman–Crippen MR) is 116 cm³/mol. The van der Waals surface area contributed by atoms with Gasteiger partial charge in [-0.3, -0.25) is 4.79 Å². The molecular formula is C25H26FNO4. The molecule has 1 fully saturated rings. The molecule has 1 saturated heterocycles. The Morgan fingerprint density at radius 1 is 1.19 bits per heavy atom. The number of hydrogen-bond donors (Lipinski definition) is 0. The summed E-state index contributed by atoms with van der Waals surface area (Å²) in [5.74, 6) is 0.0423. The lowest BCUT2D eigenvalue weighted by Crippen LogP contribution is -2.51. The van der Waals surface area contributed by atoms with Crippen molar-refractivity contribution in [3.05, 3.63) is 71.0 Å². The van der Waals surface area contributed by atoms with E-state index in [1.807, 2.05) is 24.3 Å². The van der Waals surface area contributed by atoms with Crippen LogP contribution in [0.1, 0.15) is 40.7 Å². The average Bonchev–Trinajstić information content (AvgIpc) is 2.78. The Morgan fingerprint density at radius 2 is 1.94 bits per heavy atom. The van der Waals surface area contributed by atoms with E-state index in [0.29, 0.717) is 17.7 Å². The molecule has 2 aliphatic heterocycles. The van der Waals surface area contributed by atoms with Gasteiger partial charge in [-0.15, -0.1) is 0 Å². The second-order valence-corrected chi connectivity index (χ2v) is 8.22. The maximum Gasteiger partial charge on any atom is 0.330 e. The maximum atomic E-state index is 13.1. The Kier molecular flexibility index (Phi) is 6.18. The molecule has 0 bridgehead atoms. The lowest BCUT2D eigenvalue weighted by Gasteiger charge is -2.44. The topological polar surface area (TPSA) is 55.8 Å². The molecule has 5 nitrogen and oxygen atoms in total. The van der Waals surface area contributed by atoms with E-state index in [0.717, 1.165) is 50.0 Å². The van der Waals surface area contributed by atoms with E-state index >= 15 is 0 Å². The number of piperidine rings is 1. The highest BCUT2D eigenvalue weighted by Gasteiger charge is 2.42. The smallest absolute Gasteiger partial charge is 0.330 e. The number of rotatable bonds is 5. The summed E-state index contributed by atoms with van der Waals surface area (Å²) >= 11 is 0. The summed E-state index contributed by atoms with van der Waals surface area (Å²) in [6, 6.07) is 12.1. The highest BCUT2D eigenvalue weighted by atomic mass is 19.1. The van der Waals surface area contributed by atoms with Gasteiger partial charge in [-0.1, -0.05) is 18.2 Å².